The predicted octanol–water partition coefficient (Wildman–Crippen LogP) is 0.947. The van der Waals surface area contributed by atoms with Crippen LogP contribution in [0.4, 0.5) is 0 Å². The maximum Gasteiger partial charge on any atom is 0.356 e. The van der Waals surface area contributed by atoms with Gasteiger partial charge in [0.15, 0.2) is 5.85 Å². The van der Waals surface area contributed by atoms with Crippen LogP contribution in [0.3, 0.4) is 0 Å². The van der Waals surface area contributed by atoms with Crippen LogP contribution < -0.4 is 0 Å². The normalized spacial score (nSPS) is 38.1. The molecule has 20 heavy (non-hydrogen) atoms. The zero-order valence-corrected chi connectivity index (χ0v) is 13.4. The molecule has 3 unspecified atom stereocenters. The molecule has 1 fully saturated rings. The van der Waals surface area contributed by atoms with E-state index in [9.17, 15) is 19.7 Å². The third kappa shape index (κ3) is 4.20. The van der Waals surface area contributed by atoms with Gasteiger partial charge in [0.25, 0.3) is 0 Å². The predicted molar refractivity (Wildman–Crippen MR) is 76.0 cm³/mol. The fourth-order valence-corrected chi connectivity index (χ4v) is 3.20. The monoisotopic (exact) mass is 326 g/mol. The van der Waals surface area contributed by atoms with Crippen molar-refractivity contribution in [2.75, 3.05) is 0 Å². The van der Waals surface area contributed by atoms with Crippen molar-refractivity contribution < 1.29 is 28.9 Å². The van der Waals surface area contributed by atoms with Crippen LogP contribution in [0.5, 0.6) is 0 Å². The Bertz CT molecular complexity index is 384. The summed E-state index contributed by atoms with van der Waals surface area (Å²) in [4.78, 5) is 9.63. The fraction of sp³-hybridized carbons (Fsp3) is 1.00. The van der Waals surface area contributed by atoms with Gasteiger partial charge < -0.3 is 24.4 Å². The van der Waals surface area contributed by atoms with Gasteiger partial charge in [-0.05, 0) is 20.3 Å². The Morgan fingerprint density at radius 3 is 2.50 bits per heavy atom. The highest BCUT2D eigenvalue weighted by molar-refractivity contribution is 7.53. The van der Waals surface area contributed by atoms with Crippen LogP contribution in [0.1, 0.15) is 33.6 Å². The number of alkyl halides is 1. The minimum absolute atomic E-state index is 0.138. The Morgan fingerprint density at radius 2 is 2.15 bits per heavy atom. The van der Waals surface area contributed by atoms with Crippen molar-refractivity contribution in [2.24, 2.45) is 0 Å². The van der Waals surface area contributed by atoms with Gasteiger partial charge >= 0.3 is 7.60 Å². The Hall–Kier alpha value is 0.385. The summed E-state index contributed by atoms with van der Waals surface area (Å²) in [6.45, 7) is 4.56. The highest BCUT2D eigenvalue weighted by Gasteiger charge is 2.45. The number of aliphatic hydroxyl groups excluding tert-OH is 2. The second-order valence-corrected chi connectivity index (χ2v) is 7.93. The summed E-state index contributed by atoms with van der Waals surface area (Å²) in [6, 6.07) is -0.796. The number of aliphatic hydroxyl groups is 2. The van der Waals surface area contributed by atoms with E-state index in [2.05, 4.69) is 0 Å². The first kappa shape index (κ1) is 18.4. The van der Waals surface area contributed by atoms with Crippen LogP contribution in [0, 0.1) is 0 Å². The van der Waals surface area contributed by atoms with E-state index in [1.165, 1.54) is 6.92 Å². The molecule has 1 aliphatic heterocycles. The molecule has 2 radical (unpaired) electrons. The number of halogens is 1. The van der Waals surface area contributed by atoms with E-state index in [-0.39, 0.29) is 6.42 Å². The maximum atomic E-state index is 11.8. The minimum Gasteiger partial charge on any atom is -0.389 e. The number of ether oxygens (including phenoxy) is 1. The highest BCUT2D eigenvalue weighted by atomic mass is 35.5. The summed E-state index contributed by atoms with van der Waals surface area (Å²) >= 11 is 5.88. The quantitative estimate of drug-likeness (QED) is 0.382. The average molecular weight is 327 g/mol. The highest BCUT2D eigenvalue weighted by Crippen LogP contribution is 2.51. The molecular formula is C11H21BClO6P. The van der Waals surface area contributed by atoms with E-state index < -0.39 is 42.6 Å². The first-order chi connectivity index (χ1) is 9.02. The summed E-state index contributed by atoms with van der Waals surface area (Å²) in [5.74, 6) is -1.49. The molecule has 0 aromatic heterocycles. The molecule has 1 rings (SSSR count). The Morgan fingerprint density at radius 1 is 1.60 bits per heavy atom. The average Bonchev–Trinajstić information content (AvgIpc) is 2.56. The first-order valence-electron chi connectivity index (χ1n) is 6.47. The topological polar surface area (TPSA) is 96.2 Å². The van der Waals surface area contributed by atoms with Crippen LogP contribution >= 0.6 is 19.2 Å². The van der Waals surface area contributed by atoms with Crippen molar-refractivity contribution in [3.05, 3.63) is 0 Å². The van der Waals surface area contributed by atoms with Gasteiger partial charge in [0.2, 0.25) is 0 Å². The first-order valence-corrected chi connectivity index (χ1v) is 8.55. The molecule has 0 saturated carbocycles. The van der Waals surface area contributed by atoms with E-state index in [4.69, 9.17) is 28.7 Å². The van der Waals surface area contributed by atoms with E-state index in [0.717, 1.165) is 0 Å². The molecule has 6 nitrogen and oxygen atoms in total. The van der Waals surface area contributed by atoms with Crippen molar-refractivity contribution in [2.45, 2.75) is 68.6 Å². The second kappa shape index (κ2) is 6.65. The Kier molecular flexibility index (Phi) is 6.13. The zero-order chi connectivity index (χ0) is 15.7. The molecule has 0 aromatic rings. The molecule has 1 heterocycles. The van der Waals surface area contributed by atoms with Gasteiger partial charge in [-0.15, -0.1) is 11.6 Å². The lowest BCUT2D eigenvalue weighted by Gasteiger charge is -2.34. The molecule has 0 bridgehead atoms. The van der Waals surface area contributed by atoms with Crippen LogP contribution in [-0.2, 0) is 13.8 Å². The molecule has 9 heteroatoms. The van der Waals surface area contributed by atoms with Crippen molar-refractivity contribution in [3.8, 4) is 0 Å². The molecule has 116 valence electrons. The van der Waals surface area contributed by atoms with Gasteiger partial charge in [-0.1, -0.05) is 6.92 Å². The lowest BCUT2D eigenvalue weighted by Crippen LogP contribution is -2.38. The Labute approximate surface area is 125 Å². The maximum absolute atomic E-state index is 11.8. The lowest BCUT2D eigenvalue weighted by molar-refractivity contribution is -0.0372. The van der Waals surface area contributed by atoms with E-state index in [0.29, 0.717) is 6.42 Å². The molecule has 0 aliphatic carbocycles. The summed E-state index contributed by atoms with van der Waals surface area (Å²) in [5, 5.41) is 18.5. The van der Waals surface area contributed by atoms with Crippen LogP contribution in [0.25, 0.3) is 0 Å². The molecule has 1 saturated heterocycles. The van der Waals surface area contributed by atoms with Crippen LogP contribution in [-0.4, -0.2) is 58.0 Å². The third-order valence-corrected chi connectivity index (χ3v) is 5.71. The summed E-state index contributed by atoms with van der Waals surface area (Å²) in [6.07, 6.45) is -1.14. The number of hydrogen-bond acceptors (Lipinski definition) is 5. The standard InChI is InChI=1S/C11H21BClO6P/c1-4-11(3,19-20(16,17)6(2)14)5-7-9(15)8(13)10(12)18-7/h6-10,14-15H,4-5H2,1-3H3,(H,16,17)/t6?,7-,8-,9-,10-,11?/m1/s1. The molecule has 0 aromatic carbocycles. The van der Waals surface area contributed by atoms with E-state index >= 15 is 0 Å². The largest absolute Gasteiger partial charge is 0.389 e. The molecule has 7 atom stereocenters. The van der Waals surface area contributed by atoms with Gasteiger partial charge in [0.1, 0.15) is 7.85 Å². The minimum atomic E-state index is -4.16. The van der Waals surface area contributed by atoms with E-state index in [1.54, 1.807) is 13.8 Å². The summed E-state index contributed by atoms with van der Waals surface area (Å²) in [5.41, 5.74) is -1.05. The molecule has 0 amide bonds. The Balaban J connectivity index is 2.78. The van der Waals surface area contributed by atoms with Crippen molar-refractivity contribution in [1.29, 1.82) is 0 Å². The van der Waals surface area contributed by atoms with Gasteiger partial charge in [-0.3, -0.25) is 4.57 Å². The molecule has 3 N–H and O–H groups in total. The van der Waals surface area contributed by atoms with Crippen molar-refractivity contribution in [3.63, 3.8) is 0 Å². The second-order valence-electron chi connectivity index (χ2n) is 5.37. The number of hydrogen-bond donors (Lipinski definition) is 3. The number of rotatable bonds is 6. The molecule has 1 aliphatic rings. The van der Waals surface area contributed by atoms with Crippen molar-refractivity contribution >= 4 is 27.0 Å². The van der Waals surface area contributed by atoms with Crippen LogP contribution in [0.2, 0.25) is 0 Å². The molecular weight excluding hydrogens is 305 g/mol. The van der Waals surface area contributed by atoms with Gasteiger partial charge in [-0.25, -0.2) is 0 Å². The lowest BCUT2D eigenvalue weighted by atomic mass is 9.91. The van der Waals surface area contributed by atoms with Gasteiger partial charge in [0, 0.05) is 12.4 Å². The SMILES string of the molecule is [B][C@@H]1O[C@H](CC(C)(CC)OP(=O)(O)C(C)O)[C@@H](O)[C@H]1Cl. The molecule has 0 spiro atoms. The smallest absolute Gasteiger partial charge is 0.356 e. The van der Waals surface area contributed by atoms with Gasteiger partial charge in [0.05, 0.1) is 23.2 Å². The third-order valence-electron chi connectivity index (χ3n) is 3.56. The van der Waals surface area contributed by atoms with Gasteiger partial charge in [-0.2, -0.15) is 0 Å². The summed E-state index contributed by atoms with van der Waals surface area (Å²) in [7, 11) is 1.44. The summed E-state index contributed by atoms with van der Waals surface area (Å²) < 4.78 is 22.3. The van der Waals surface area contributed by atoms with Crippen molar-refractivity contribution in [1.82, 2.24) is 0 Å². The zero-order valence-electron chi connectivity index (χ0n) is 11.8. The fourth-order valence-electron chi connectivity index (χ4n) is 1.99. The van der Waals surface area contributed by atoms with E-state index in [1.807, 2.05) is 0 Å². The van der Waals surface area contributed by atoms with Crippen LogP contribution in [0.15, 0.2) is 0 Å².